The fraction of sp³-hybridized carbons (Fsp3) is 0.442. The zero-order valence-electron chi connectivity index (χ0n) is 30.8. The SMILES string of the molecule is CC1CSc2c1ccc1sc3ccnc(-c4[c-]c5ccccc5c(C(C)(C)C)c4)c3c21.CCC(C)(CC)C(=O)/C=C(\O)C(C)(CC)CC.[Ir]. The van der Waals surface area contributed by atoms with Gasteiger partial charge in [0, 0.05) is 74.3 Å². The molecule has 1 aliphatic rings. The molecule has 1 radical (unpaired) electrons. The number of aromatic nitrogens is 1. The van der Waals surface area contributed by atoms with Crippen molar-refractivity contribution in [3.63, 3.8) is 0 Å². The Bertz CT molecular complexity index is 1990. The molecule has 0 aliphatic carbocycles. The monoisotopic (exact) mass is 871 g/mol. The van der Waals surface area contributed by atoms with Crippen LogP contribution < -0.4 is 0 Å². The quantitative estimate of drug-likeness (QED) is 0.0959. The molecule has 1 aliphatic heterocycles. The van der Waals surface area contributed by atoms with Gasteiger partial charge in [-0.2, -0.15) is 0 Å². The third-order valence-electron chi connectivity index (χ3n) is 11.0. The summed E-state index contributed by atoms with van der Waals surface area (Å²) in [7, 11) is 0. The molecule has 0 saturated carbocycles. The molecule has 5 aromatic rings. The fourth-order valence-corrected chi connectivity index (χ4v) is 9.06. The van der Waals surface area contributed by atoms with E-state index in [1.165, 1.54) is 47.7 Å². The molecule has 0 spiro atoms. The maximum absolute atomic E-state index is 12.2. The number of hydrogen-bond acceptors (Lipinski definition) is 5. The summed E-state index contributed by atoms with van der Waals surface area (Å²) in [6.45, 7) is 21.3. The number of benzene rings is 3. The Labute approximate surface area is 315 Å². The number of nitrogens with zero attached hydrogens (tertiary/aromatic N) is 1. The van der Waals surface area contributed by atoms with Gasteiger partial charge in [-0.15, -0.1) is 52.2 Å². The molecule has 0 fully saturated rings. The number of hydrogen-bond donors (Lipinski definition) is 1. The van der Waals surface area contributed by atoms with Crippen LogP contribution in [0.15, 0.2) is 71.5 Å². The average molecular weight is 871 g/mol. The van der Waals surface area contributed by atoms with E-state index in [2.05, 4.69) is 82.3 Å². The first-order valence-electron chi connectivity index (χ1n) is 17.6. The summed E-state index contributed by atoms with van der Waals surface area (Å²) in [6, 6.07) is 21.5. The molecule has 2 aromatic heterocycles. The molecule has 3 aromatic carbocycles. The van der Waals surface area contributed by atoms with Gasteiger partial charge in [-0.3, -0.25) is 9.78 Å². The van der Waals surface area contributed by atoms with Crippen LogP contribution in [0.2, 0.25) is 0 Å². The summed E-state index contributed by atoms with van der Waals surface area (Å²) in [5.74, 6) is 2.06. The number of thiophene rings is 1. The van der Waals surface area contributed by atoms with E-state index >= 15 is 0 Å². The van der Waals surface area contributed by atoms with Crippen LogP contribution >= 0.6 is 23.1 Å². The molecule has 0 bridgehead atoms. The number of allylic oxidation sites excluding steroid dienone is 2. The van der Waals surface area contributed by atoms with Crippen LogP contribution in [-0.4, -0.2) is 21.6 Å². The van der Waals surface area contributed by atoms with Crippen LogP contribution in [0, 0.1) is 16.9 Å². The summed E-state index contributed by atoms with van der Waals surface area (Å²) in [6.07, 6.45) is 6.72. The minimum absolute atomic E-state index is 0. The molecule has 1 atom stereocenters. The molecule has 0 saturated heterocycles. The van der Waals surface area contributed by atoms with Crippen LogP contribution in [0.3, 0.4) is 0 Å². The first kappa shape index (κ1) is 39.3. The van der Waals surface area contributed by atoms with Crippen LogP contribution in [0.4, 0.5) is 0 Å². The van der Waals surface area contributed by atoms with Crippen molar-refractivity contribution >= 4 is 59.8 Å². The predicted molar refractivity (Wildman–Crippen MR) is 210 cm³/mol. The Balaban J connectivity index is 0.000000260. The zero-order chi connectivity index (χ0) is 35.0. The van der Waals surface area contributed by atoms with E-state index < -0.39 is 0 Å². The summed E-state index contributed by atoms with van der Waals surface area (Å²) in [5.41, 5.74) is 4.44. The number of carbonyl (C=O) groups excluding carboxylic acids is 1. The summed E-state index contributed by atoms with van der Waals surface area (Å²) in [5, 5.41) is 15.3. The van der Waals surface area contributed by atoms with Gasteiger partial charge in [0.1, 0.15) is 5.76 Å². The number of fused-ring (bicyclic) bond motifs is 6. The van der Waals surface area contributed by atoms with E-state index in [9.17, 15) is 9.90 Å². The zero-order valence-corrected chi connectivity index (χ0v) is 34.9. The minimum atomic E-state index is -0.337. The van der Waals surface area contributed by atoms with Gasteiger partial charge < -0.3 is 5.11 Å². The number of ketones is 1. The smallest absolute Gasteiger partial charge is 0.164 e. The van der Waals surface area contributed by atoms with Crippen molar-refractivity contribution in [2.45, 2.75) is 111 Å². The second-order valence-corrected chi connectivity index (χ2v) is 17.1. The number of rotatable bonds is 8. The number of pyridine rings is 1. The Kier molecular flexibility index (Phi) is 12.3. The van der Waals surface area contributed by atoms with E-state index in [4.69, 9.17) is 4.98 Å². The maximum atomic E-state index is 12.2. The number of aliphatic hydroxyl groups is 1. The third-order valence-corrected chi connectivity index (χ3v) is 13.5. The molecule has 49 heavy (non-hydrogen) atoms. The van der Waals surface area contributed by atoms with Crippen molar-refractivity contribution in [1.29, 1.82) is 0 Å². The normalized spacial score (nSPS) is 15.2. The first-order valence-corrected chi connectivity index (χ1v) is 19.4. The standard InChI is InChI=1S/C28H24NS2.C15H28O2.Ir/c1-16-15-30-27-19(16)9-10-22-25(27)24-23(31-22)11-12-29-26(24)18-13-17-7-5-6-8-20(17)21(14-18)28(2,3)4;1-7-14(5,8-2)12(16)11-13(17)15(6,9-3)10-4;/h5-12,14,16H,15H2,1-4H3;11,16H,7-10H2,1-6H3;/q-1;;/b;12-11-;. The van der Waals surface area contributed by atoms with Crippen molar-refractivity contribution in [1.82, 2.24) is 4.98 Å². The van der Waals surface area contributed by atoms with Crippen LogP contribution in [-0.2, 0) is 30.3 Å². The van der Waals surface area contributed by atoms with E-state index in [1.807, 2.05) is 70.8 Å². The molecule has 263 valence electrons. The molecular weight excluding hydrogens is 819 g/mol. The Hall–Kier alpha value is -2.50. The molecule has 1 unspecified atom stereocenters. The molecule has 3 nitrogen and oxygen atoms in total. The Morgan fingerprint density at radius 2 is 1.55 bits per heavy atom. The second-order valence-electron chi connectivity index (χ2n) is 15.0. The third kappa shape index (κ3) is 7.59. The van der Waals surface area contributed by atoms with Crippen molar-refractivity contribution < 1.29 is 30.0 Å². The fourth-order valence-electron chi connectivity index (χ4n) is 6.50. The Morgan fingerprint density at radius 1 is 0.918 bits per heavy atom. The maximum Gasteiger partial charge on any atom is 0.164 e. The summed E-state index contributed by atoms with van der Waals surface area (Å²) >= 11 is 3.89. The van der Waals surface area contributed by atoms with Crippen molar-refractivity contribution in [2.75, 3.05) is 5.75 Å². The minimum Gasteiger partial charge on any atom is -0.512 e. The topological polar surface area (TPSA) is 50.2 Å². The molecule has 6 heteroatoms. The van der Waals surface area contributed by atoms with E-state index in [0.29, 0.717) is 5.92 Å². The van der Waals surface area contributed by atoms with E-state index in [0.717, 1.165) is 48.1 Å². The van der Waals surface area contributed by atoms with Gasteiger partial charge >= 0.3 is 0 Å². The number of thioether (sulfide) groups is 1. The number of aliphatic hydroxyl groups excluding tert-OH is 1. The average Bonchev–Trinajstić information content (AvgIpc) is 3.66. The van der Waals surface area contributed by atoms with E-state index in [1.54, 1.807) is 0 Å². The van der Waals surface area contributed by atoms with Gasteiger partial charge in [-0.25, -0.2) is 0 Å². The van der Waals surface area contributed by atoms with Gasteiger partial charge in [-0.05, 0) is 60.1 Å². The van der Waals surface area contributed by atoms with E-state index in [-0.39, 0.29) is 47.9 Å². The van der Waals surface area contributed by atoms with Gasteiger partial charge in [0.2, 0.25) is 0 Å². The van der Waals surface area contributed by atoms with Crippen LogP contribution in [0.5, 0.6) is 0 Å². The molecule has 1 N–H and O–H groups in total. The first-order chi connectivity index (χ1) is 22.7. The molecular formula is C43H52IrNO2S2-. The van der Waals surface area contributed by atoms with Gasteiger partial charge in [0.05, 0.1) is 0 Å². The van der Waals surface area contributed by atoms with Gasteiger partial charge in [0.25, 0.3) is 0 Å². The molecule has 3 heterocycles. The second kappa shape index (κ2) is 15.4. The van der Waals surface area contributed by atoms with Crippen LogP contribution in [0.25, 0.3) is 42.2 Å². The van der Waals surface area contributed by atoms with Crippen molar-refractivity contribution in [3.05, 3.63) is 83.8 Å². The van der Waals surface area contributed by atoms with Crippen molar-refractivity contribution in [3.8, 4) is 11.3 Å². The predicted octanol–water partition coefficient (Wildman–Crippen LogP) is 13.2. The Morgan fingerprint density at radius 3 is 2.18 bits per heavy atom. The van der Waals surface area contributed by atoms with Gasteiger partial charge in [-0.1, -0.05) is 104 Å². The molecule has 6 rings (SSSR count). The van der Waals surface area contributed by atoms with Gasteiger partial charge in [0.15, 0.2) is 5.78 Å². The number of carbonyl (C=O) groups is 1. The summed E-state index contributed by atoms with van der Waals surface area (Å²) < 4.78 is 2.67. The largest absolute Gasteiger partial charge is 0.512 e. The van der Waals surface area contributed by atoms with Crippen LogP contribution in [0.1, 0.15) is 112 Å². The molecule has 0 amide bonds. The van der Waals surface area contributed by atoms with Crippen molar-refractivity contribution in [2.24, 2.45) is 10.8 Å². The summed E-state index contributed by atoms with van der Waals surface area (Å²) in [4.78, 5) is 18.6.